The molecule has 0 amide bonds. The van der Waals surface area contributed by atoms with Crippen LogP contribution in [0.3, 0.4) is 0 Å². The predicted octanol–water partition coefficient (Wildman–Crippen LogP) is 3.92. The van der Waals surface area contributed by atoms with Gasteiger partial charge in [0, 0.05) is 66.3 Å². The number of hydrogen-bond acceptors (Lipinski definition) is 4. The average molecular weight is 339 g/mol. The Kier molecular flexibility index (Phi) is 3.98. The monoisotopic (exact) mass is 338 g/mol. The molecular weight excluding hydrogens is 320 g/mol. The second-order valence-electron chi connectivity index (χ2n) is 6.14. The average Bonchev–Trinajstić information content (AvgIpc) is 2.63. The van der Waals surface area contributed by atoms with E-state index < -0.39 is 0 Å². The lowest BCUT2D eigenvalue weighted by molar-refractivity contribution is 0.648. The maximum atomic E-state index is 6.17. The maximum absolute atomic E-state index is 6.17. The number of rotatable bonds is 2. The van der Waals surface area contributed by atoms with Gasteiger partial charge in [0.2, 0.25) is 0 Å². The van der Waals surface area contributed by atoms with E-state index in [0.29, 0.717) is 0 Å². The zero-order valence-corrected chi connectivity index (χ0v) is 14.4. The molecule has 0 atom stereocenters. The van der Waals surface area contributed by atoms with E-state index in [4.69, 9.17) is 11.6 Å². The van der Waals surface area contributed by atoms with Crippen molar-refractivity contribution in [2.75, 3.05) is 36.0 Å². The van der Waals surface area contributed by atoms with Crippen molar-refractivity contribution in [2.45, 2.75) is 6.92 Å². The molecule has 0 radical (unpaired) electrons. The molecule has 1 aliphatic rings. The van der Waals surface area contributed by atoms with Gasteiger partial charge in [0.05, 0.1) is 0 Å². The van der Waals surface area contributed by atoms with Gasteiger partial charge >= 0.3 is 0 Å². The van der Waals surface area contributed by atoms with E-state index in [1.165, 1.54) is 16.6 Å². The molecule has 1 aromatic carbocycles. The second-order valence-corrected chi connectivity index (χ2v) is 6.57. The highest BCUT2D eigenvalue weighted by atomic mass is 35.5. The van der Waals surface area contributed by atoms with Gasteiger partial charge in [-0.3, -0.25) is 4.98 Å². The number of aromatic nitrogens is 2. The first-order chi connectivity index (χ1) is 11.7. The van der Waals surface area contributed by atoms with Crippen molar-refractivity contribution in [3.63, 3.8) is 0 Å². The molecule has 0 unspecified atom stereocenters. The SMILES string of the molecule is Cc1ccc(Cl)cc1N1CCN(c2nccc3cnccc23)CC1. The summed E-state index contributed by atoms with van der Waals surface area (Å²) in [4.78, 5) is 13.6. The first kappa shape index (κ1) is 15.2. The number of aryl methyl sites for hydroxylation is 1. The minimum atomic E-state index is 0.793. The topological polar surface area (TPSA) is 32.3 Å². The Morgan fingerprint density at radius 1 is 0.958 bits per heavy atom. The molecule has 5 heteroatoms. The molecule has 1 saturated heterocycles. The first-order valence-electron chi connectivity index (χ1n) is 8.17. The van der Waals surface area contributed by atoms with Crippen LogP contribution in [-0.2, 0) is 0 Å². The van der Waals surface area contributed by atoms with Crippen molar-refractivity contribution in [3.8, 4) is 0 Å². The Bertz CT molecular complexity index is 867. The quantitative estimate of drug-likeness (QED) is 0.709. The molecule has 1 aliphatic heterocycles. The number of benzene rings is 1. The zero-order chi connectivity index (χ0) is 16.5. The van der Waals surface area contributed by atoms with Crippen LogP contribution in [0.4, 0.5) is 11.5 Å². The van der Waals surface area contributed by atoms with Crippen LogP contribution in [0.1, 0.15) is 5.56 Å². The minimum absolute atomic E-state index is 0.793. The van der Waals surface area contributed by atoms with Crippen molar-refractivity contribution in [3.05, 3.63) is 59.5 Å². The summed E-state index contributed by atoms with van der Waals surface area (Å²) in [7, 11) is 0. The summed E-state index contributed by atoms with van der Waals surface area (Å²) in [5.41, 5.74) is 2.50. The molecule has 24 heavy (non-hydrogen) atoms. The van der Waals surface area contributed by atoms with Crippen LogP contribution >= 0.6 is 11.6 Å². The normalized spacial score (nSPS) is 15.1. The van der Waals surface area contributed by atoms with Gasteiger partial charge < -0.3 is 9.80 Å². The largest absolute Gasteiger partial charge is 0.368 e. The van der Waals surface area contributed by atoms with E-state index in [1.807, 2.05) is 36.8 Å². The fourth-order valence-electron chi connectivity index (χ4n) is 3.34. The summed E-state index contributed by atoms with van der Waals surface area (Å²) in [5, 5.41) is 3.09. The van der Waals surface area contributed by atoms with Crippen LogP contribution in [-0.4, -0.2) is 36.1 Å². The number of hydrogen-bond donors (Lipinski definition) is 0. The van der Waals surface area contributed by atoms with E-state index in [0.717, 1.165) is 42.4 Å². The highest BCUT2D eigenvalue weighted by molar-refractivity contribution is 6.30. The van der Waals surface area contributed by atoms with Gasteiger partial charge in [0.15, 0.2) is 0 Å². The molecule has 122 valence electrons. The van der Waals surface area contributed by atoms with E-state index in [-0.39, 0.29) is 0 Å². The van der Waals surface area contributed by atoms with Gasteiger partial charge in [-0.15, -0.1) is 0 Å². The molecule has 0 saturated carbocycles. The Balaban J connectivity index is 1.57. The smallest absolute Gasteiger partial charge is 0.136 e. The van der Waals surface area contributed by atoms with E-state index in [1.54, 1.807) is 0 Å². The van der Waals surface area contributed by atoms with Crippen LogP contribution in [0, 0.1) is 6.92 Å². The van der Waals surface area contributed by atoms with Crippen molar-refractivity contribution in [2.24, 2.45) is 0 Å². The van der Waals surface area contributed by atoms with E-state index in [2.05, 4.69) is 38.8 Å². The molecule has 4 rings (SSSR count). The highest BCUT2D eigenvalue weighted by Gasteiger charge is 2.20. The van der Waals surface area contributed by atoms with Crippen molar-refractivity contribution in [1.29, 1.82) is 0 Å². The third-order valence-electron chi connectivity index (χ3n) is 4.63. The molecule has 1 fully saturated rings. The first-order valence-corrected chi connectivity index (χ1v) is 8.55. The lowest BCUT2D eigenvalue weighted by atomic mass is 10.1. The fourth-order valence-corrected chi connectivity index (χ4v) is 3.50. The van der Waals surface area contributed by atoms with Crippen molar-refractivity contribution in [1.82, 2.24) is 9.97 Å². The third-order valence-corrected chi connectivity index (χ3v) is 4.87. The lowest BCUT2D eigenvalue weighted by Crippen LogP contribution is -2.47. The van der Waals surface area contributed by atoms with Crippen molar-refractivity contribution >= 4 is 33.9 Å². The van der Waals surface area contributed by atoms with Gasteiger partial charge in [0.1, 0.15) is 5.82 Å². The standard InChI is InChI=1S/C19H19ClN4/c1-14-2-3-16(20)12-18(14)23-8-10-24(11-9-23)19-17-5-6-21-13-15(17)4-7-22-19/h2-7,12-13H,8-11H2,1H3. The second kappa shape index (κ2) is 6.29. The number of nitrogens with zero attached hydrogens (tertiary/aromatic N) is 4. The third kappa shape index (κ3) is 2.78. The predicted molar refractivity (Wildman–Crippen MR) is 100 cm³/mol. The molecular formula is C19H19ClN4. The summed E-state index contributed by atoms with van der Waals surface area (Å²) in [6.07, 6.45) is 5.60. The summed E-state index contributed by atoms with van der Waals surface area (Å²) < 4.78 is 0. The van der Waals surface area contributed by atoms with E-state index >= 15 is 0 Å². The van der Waals surface area contributed by atoms with Gasteiger partial charge in [-0.05, 0) is 36.8 Å². The fraction of sp³-hybridized carbons (Fsp3) is 0.263. The molecule has 0 N–H and O–H groups in total. The number of anilines is 2. The Labute approximate surface area is 146 Å². The molecule has 0 spiro atoms. The highest BCUT2D eigenvalue weighted by Crippen LogP contribution is 2.28. The van der Waals surface area contributed by atoms with Crippen LogP contribution in [0.2, 0.25) is 5.02 Å². The Morgan fingerprint density at radius 2 is 1.75 bits per heavy atom. The van der Waals surface area contributed by atoms with Gasteiger partial charge in [-0.2, -0.15) is 0 Å². The Morgan fingerprint density at radius 3 is 2.58 bits per heavy atom. The summed E-state index contributed by atoms with van der Waals surface area (Å²) >= 11 is 6.17. The molecule has 0 bridgehead atoms. The van der Waals surface area contributed by atoms with Crippen LogP contribution in [0.15, 0.2) is 48.9 Å². The molecule has 3 heterocycles. The van der Waals surface area contributed by atoms with Gasteiger partial charge in [0.25, 0.3) is 0 Å². The zero-order valence-electron chi connectivity index (χ0n) is 13.6. The summed E-state index contributed by atoms with van der Waals surface area (Å²) in [6.45, 7) is 5.95. The van der Waals surface area contributed by atoms with E-state index in [9.17, 15) is 0 Å². The van der Waals surface area contributed by atoms with Crippen LogP contribution in [0.5, 0.6) is 0 Å². The van der Waals surface area contributed by atoms with Crippen molar-refractivity contribution < 1.29 is 0 Å². The molecule has 2 aromatic heterocycles. The number of halogens is 1. The summed E-state index contributed by atoms with van der Waals surface area (Å²) in [6, 6.07) is 10.2. The lowest BCUT2D eigenvalue weighted by Gasteiger charge is -2.37. The van der Waals surface area contributed by atoms with Gasteiger partial charge in [-0.1, -0.05) is 17.7 Å². The molecule has 0 aliphatic carbocycles. The molecule has 4 nitrogen and oxygen atoms in total. The molecule has 3 aromatic rings. The number of fused-ring (bicyclic) bond motifs is 1. The van der Waals surface area contributed by atoms with Gasteiger partial charge in [-0.25, -0.2) is 4.98 Å². The minimum Gasteiger partial charge on any atom is -0.368 e. The van der Waals surface area contributed by atoms with Crippen LogP contribution < -0.4 is 9.80 Å². The summed E-state index contributed by atoms with van der Waals surface area (Å²) in [5.74, 6) is 1.05. The Hall–Kier alpha value is -2.33. The van der Waals surface area contributed by atoms with Crippen LogP contribution in [0.25, 0.3) is 10.8 Å². The maximum Gasteiger partial charge on any atom is 0.136 e. The number of piperazine rings is 1. The number of pyridine rings is 2.